The molecule has 1 heteroatoms. The predicted molar refractivity (Wildman–Crippen MR) is 148 cm³/mol. The van der Waals surface area contributed by atoms with E-state index >= 15 is 0 Å². The van der Waals surface area contributed by atoms with Crippen LogP contribution in [0.15, 0.2) is 24.3 Å². The molecule has 0 heterocycles. The Morgan fingerprint density at radius 3 is 1.55 bits per heavy atom. The smallest absolute Gasteiger partial charge is 0.0320 e. The molecule has 0 aromatic heterocycles. The molecule has 2 bridgehead atoms. The third kappa shape index (κ3) is 13.0. The first-order valence-electron chi connectivity index (χ1n) is 15.2. The highest BCUT2D eigenvalue weighted by atomic mass is 14.9. The van der Waals surface area contributed by atoms with Crippen LogP contribution in [0, 0.1) is 0 Å². The summed E-state index contributed by atoms with van der Waals surface area (Å²) in [5.74, 6) is 0.779. The number of fused-ring (bicyclic) bond motifs is 5. The van der Waals surface area contributed by atoms with E-state index in [0.29, 0.717) is 6.04 Å². The number of nitrogens with one attached hydrogen (secondary N) is 1. The summed E-state index contributed by atoms with van der Waals surface area (Å²) in [4.78, 5) is 0. The maximum atomic E-state index is 3.91. The fourth-order valence-electron chi connectivity index (χ4n) is 5.65. The Labute approximate surface area is 207 Å². The van der Waals surface area contributed by atoms with Crippen LogP contribution in [0.5, 0.6) is 0 Å². The van der Waals surface area contributed by atoms with Crippen LogP contribution in [0.25, 0.3) is 0 Å². The van der Waals surface area contributed by atoms with Gasteiger partial charge in [-0.05, 0) is 49.3 Å². The lowest BCUT2D eigenvalue weighted by Crippen LogP contribution is -2.24. The molecule has 2 atom stereocenters. The lowest BCUT2D eigenvalue weighted by molar-refractivity contribution is 0.422. The van der Waals surface area contributed by atoms with Crippen LogP contribution in [0.4, 0.5) is 0 Å². The number of hydrogen-bond acceptors (Lipinski definition) is 1. The average Bonchev–Trinajstić information content (AvgIpc) is 2.83. The lowest BCUT2D eigenvalue weighted by atomic mass is 9.83. The molecule has 0 radical (unpaired) electrons. The van der Waals surface area contributed by atoms with E-state index in [1.165, 1.54) is 147 Å². The summed E-state index contributed by atoms with van der Waals surface area (Å²) in [6, 6.07) is 10.2. The summed E-state index contributed by atoms with van der Waals surface area (Å²) in [5.41, 5.74) is 3.10. The van der Waals surface area contributed by atoms with Crippen LogP contribution in [-0.4, -0.2) is 6.54 Å². The van der Waals surface area contributed by atoms with Crippen molar-refractivity contribution in [2.75, 3.05) is 6.54 Å². The van der Waals surface area contributed by atoms with Crippen LogP contribution in [0.1, 0.15) is 172 Å². The van der Waals surface area contributed by atoms with Crippen molar-refractivity contribution in [1.82, 2.24) is 5.32 Å². The third-order valence-corrected chi connectivity index (χ3v) is 7.94. The molecule has 0 spiro atoms. The molecule has 0 amide bonds. The molecule has 0 fully saturated rings. The normalized spacial score (nSPS) is 17.9. The SMILES string of the molecule is CCCCCCCCCCCCCNC1CCC(CCCCCCCCC)c2ccc1cc2. The first kappa shape index (κ1) is 28.4. The maximum absolute atomic E-state index is 3.91. The van der Waals surface area contributed by atoms with Crippen LogP contribution in [0.3, 0.4) is 0 Å². The Balaban J connectivity index is 1.54. The van der Waals surface area contributed by atoms with Gasteiger partial charge in [0.15, 0.2) is 0 Å². The molecule has 190 valence electrons. The second kappa shape index (κ2) is 19.5. The monoisotopic (exact) mass is 455 g/mol. The van der Waals surface area contributed by atoms with Gasteiger partial charge < -0.3 is 5.32 Å². The molecule has 1 aromatic rings. The van der Waals surface area contributed by atoms with Gasteiger partial charge in [0, 0.05) is 6.04 Å². The van der Waals surface area contributed by atoms with Crippen LogP contribution in [-0.2, 0) is 0 Å². The second-order valence-electron chi connectivity index (χ2n) is 10.9. The largest absolute Gasteiger partial charge is 0.310 e. The summed E-state index contributed by atoms with van der Waals surface area (Å²) in [5, 5.41) is 3.91. The van der Waals surface area contributed by atoms with E-state index in [2.05, 4.69) is 43.4 Å². The minimum absolute atomic E-state index is 0.569. The summed E-state index contributed by atoms with van der Waals surface area (Å²) in [6.45, 7) is 5.79. The molecule has 1 aromatic carbocycles. The van der Waals surface area contributed by atoms with Crippen molar-refractivity contribution in [3.05, 3.63) is 35.4 Å². The van der Waals surface area contributed by atoms with Gasteiger partial charge in [-0.1, -0.05) is 147 Å². The van der Waals surface area contributed by atoms with Gasteiger partial charge in [-0.15, -0.1) is 0 Å². The summed E-state index contributed by atoms with van der Waals surface area (Å²) >= 11 is 0. The lowest BCUT2D eigenvalue weighted by Gasteiger charge is -2.27. The number of benzene rings is 1. The molecule has 2 unspecified atom stereocenters. The number of rotatable bonds is 21. The first-order chi connectivity index (χ1) is 16.3. The zero-order chi connectivity index (χ0) is 23.4. The zero-order valence-electron chi connectivity index (χ0n) is 22.5. The van der Waals surface area contributed by atoms with E-state index in [9.17, 15) is 0 Å². The molecule has 2 aliphatic rings. The Morgan fingerprint density at radius 1 is 0.545 bits per heavy atom. The zero-order valence-corrected chi connectivity index (χ0v) is 22.5. The highest BCUT2D eigenvalue weighted by Gasteiger charge is 2.20. The predicted octanol–water partition coefficient (Wildman–Crippen LogP) is 10.6. The molecule has 1 N–H and O–H groups in total. The number of unbranched alkanes of at least 4 members (excludes halogenated alkanes) is 16. The summed E-state index contributed by atoms with van der Waals surface area (Å²) < 4.78 is 0. The fourth-order valence-corrected chi connectivity index (χ4v) is 5.65. The van der Waals surface area contributed by atoms with Gasteiger partial charge in [-0.3, -0.25) is 0 Å². The Bertz CT molecular complexity index is 548. The Morgan fingerprint density at radius 2 is 1.00 bits per heavy atom. The van der Waals surface area contributed by atoms with Gasteiger partial charge in [0.05, 0.1) is 0 Å². The topological polar surface area (TPSA) is 12.0 Å². The average molecular weight is 456 g/mol. The molecular weight excluding hydrogens is 398 g/mol. The minimum Gasteiger partial charge on any atom is -0.310 e. The van der Waals surface area contributed by atoms with Crippen LogP contribution in [0.2, 0.25) is 0 Å². The molecular formula is C32H57N. The van der Waals surface area contributed by atoms with Crippen molar-refractivity contribution in [2.45, 2.75) is 161 Å². The fraction of sp³-hybridized carbons (Fsp3) is 0.812. The van der Waals surface area contributed by atoms with Gasteiger partial charge in [0.1, 0.15) is 0 Å². The standard InChI is InChI=1S/C32H57N/c1-3-5-7-9-11-12-13-14-16-18-20-28-33-32-27-26-29(30-22-24-31(32)25-23-30)21-19-17-15-10-8-6-4-2/h22-25,29,32-33H,3-21,26-28H2,1-2H3. The molecule has 1 nitrogen and oxygen atoms in total. The Kier molecular flexibility index (Phi) is 16.8. The van der Waals surface area contributed by atoms with E-state index in [0.717, 1.165) is 5.92 Å². The number of hydrogen-bond donors (Lipinski definition) is 1. The molecule has 3 rings (SSSR count). The highest BCUT2D eigenvalue weighted by Crippen LogP contribution is 2.34. The molecule has 2 aliphatic carbocycles. The van der Waals surface area contributed by atoms with Gasteiger partial charge in [0.25, 0.3) is 0 Å². The highest BCUT2D eigenvalue weighted by molar-refractivity contribution is 5.29. The summed E-state index contributed by atoms with van der Waals surface area (Å²) in [6.07, 6.45) is 29.7. The molecule has 0 saturated carbocycles. The van der Waals surface area contributed by atoms with Crippen molar-refractivity contribution in [3.63, 3.8) is 0 Å². The summed E-state index contributed by atoms with van der Waals surface area (Å²) in [7, 11) is 0. The quantitative estimate of drug-likeness (QED) is 0.182. The van der Waals surface area contributed by atoms with E-state index in [-0.39, 0.29) is 0 Å². The first-order valence-corrected chi connectivity index (χ1v) is 15.2. The Hall–Kier alpha value is -0.820. The van der Waals surface area contributed by atoms with Crippen molar-refractivity contribution in [1.29, 1.82) is 0 Å². The minimum atomic E-state index is 0.569. The third-order valence-electron chi connectivity index (χ3n) is 7.94. The van der Waals surface area contributed by atoms with Crippen molar-refractivity contribution in [3.8, 4) is 0 Å². The van der Waals surface area contributed by atoms with E-state index in [1.807, 2.05) is 0 Å². The van der Waals surface area contributed by atoms with Crippen molar-refractivity contribution >= 4 is 0 Å². The van der Waals surface area contributed by atoms with Gasteiger partial charge in [-0.2, -0.15) is 0 Å². The van der Waals surface area contributed by atoms with Crippen molar-refractivity contribution < 1.29 is 0 Å². The van der Waals surface area contributed by atoms with E-state index in [1.54, 1.807) is 5.56 Å². The van der Waals surface area contributed by atoms with Crippen LogP contribution >= 0.6 is 0 Å². The van der Waals surface area contributed by atoms with Gasteiger partial charge in [-0.25, -0.2) is 0 Å². The second-order valence-corrected chi connectivity index (χ2v) is 10.9. The molecule has 0 saturated heterocycles. The van der Waals surface area contributed by atoms with Crippen LogP contribution < -0.4 is 5.32 Å². The molecule has 33 heavy (non-hydrogen) atoms. The van der Waals surface area contributed by atoms with E-state index < -0.39 is 0 Å². The van der Waals surface area contributed by atoms with Gasteiger partial charge in [0.2, 0.25) is 0 Å². The van der Waals surface area contributed by atoms with Crippen molar-refractivity contribution in [2.24, 2.45) is 0 Å². The van der Waals surface area contributed by atoms with Gasteiger partial charge >= 0.3 is 0 Å². The van der Waals surface area contributed by atoms with E-state index in [4.69, 9.17) is 0 Å². The molecule has 0 aliphatic heterocycles. The maximum Gasteiger partial charge on any atom is 0.0320 e.